The van der Waals surface area contributed by atoms with Gasteiger partial charge in [-0.3, -0.25) is 9.48 Å². The summed E-state index contributed by atoms with van der Waals surface area (Å²) in [5.41, 5.74) is 2.72. The first kappa shape index (κ1) is 22.3. The minimum absolute atomic E-state index is 0.0458. The maximum absolute atomic E-state index is 14.5. The quantitative estimate of drug-likeness (QED) is 0.585. The van der Waals surface area contributed by atoms with E-state index in [0.717, 1.165) is 21.1 Å². The lowest BCUT2D eigenvalue weighted by atomic mass is 9.95. The van der Waals surface area contributed by atoms with Gasteiger partial charge in [0.15, 0.2) is 5.82 Å². The Hall–Kier alpha value is -2.88. The highest BCUT2D eigenvalue weighted by molar-refractivity contribution is 7.11. The van der Waals surface area contributed by atoms with Crippen molar-refractivity contribution >= 4 is 23.2 Å². The molecule has 8 nitrogen and oxygen atoms in total. The number of aromatic nitrogens is 5. The molecule has 0 saturated carbocycles. The van der Waals surface area contributed by atoms with Crippen molar-refractivity contribution in [2.24, 2.45) is 13.0 Å². The fourth-order valence-electron chi connectivity index (χ4n) is 4.22. The fourth-order valence-corrected chi connectivity index (χ4v) is 5.05. The third-order valence-corrected chi connectivity index (χ3v) is 6.90. The van der Waals surface area contributed by atoms with Crippen LogP contribution in [0.2, 0.25) is 0 Å². The summed E-state index contributed by atoms with van der Waals surface area (Å²) in [6, 6.07) is 0. The zero-order valence-corrected chi connectivity index (χ0v) is 19.9. The summed E-state index contributed by atoms with van der Waals surface area (Å²) >= 11 is 1.66. The highest BCUT2D eigenvalue weighted by Crippen LogP contribution is 2.28. The zero-order chi connectivity index (χ0) is 23.0. The molecule has 32 heavy (non-hydrogen) atoms. The van der Waals surface area contributed by atoms with Gasteiger partial charge in [0.1, 0.15) is 5.69 Å². The number of hydrogen-bond donors (Lipinski definition) is 0. The summed E-state index contributed by atoms with van der Waals surface area (Å²) in [4.78, 5) is 31.2. The number of hydrogen-bond acceptors (Lipinski definition) is 7. The summed E-state index contributed by atoms with van der Waals surface area (Å²) < 4.78 is 16.1. The van der Waals surface area contributed by atoms with E-state index < -0.39 is 5.82 Å². The topological polar surface area (TPSA) is 80.0 Å². The van der Waals surface area contributed by atoms with Gasteiger partial charge >= 0.3 is 0 Å². The van der Waals surface area contributed by atoms with Gasteiger partial charge in [0.05, 0.1) is 35.3 Å². The number of nitrogens with zero attached hydrogens (tertiary/aromatic N) is 7. The number of carbonyl (C=O) groups excluding carboxylic acids is 1. The molecule has 0 spiro atoms. The molecule has 3 aromatic heterocycles. The second-order valence-electron chi connectivity index (χ2n) is 8.36. The van der Waals surface area contributed by atoms with Gasteiger partial charge in [-0.2, -0.15) is 5.10 Å². The van der Waals surface area contributed by atoms with Crippen LogP contribution in [0.4, 0.5) is 10.3 Å². The average molecular weight is 458 g/mol. The van der Waals surface area contributed by atoms with Gasteiger partial charge in [-0.25, -0.2) is 19.3 Å². The van der Waals surface area contributed by atoms with Crippen LogP contribution >= 0.6 is 11.3 Å². The molecule has 3 aromatic rings. The maximum atomic E-state index is 14.5. The Labute approximate surface area is 191 Å². The van der Waals surface area contributed by atoms with Gasteiger partial charge in [0.25, 0.3) is 0 Å². The number of halogens is 1. The van der Waals surface area contributed by atoms with Crippen LogP contribution in [0.15, 0.2) is 12.4 Å². The molecule has 1 amide bonds. The predicted molar refractivity (Wildman–Crippen MR) is 122 cm³/mol. The first-order chi connectivity index (χ1) is 15.2. The summed E-state index contributed by atoms with van der Waals surface area (Å²) in [6.45, 7) is 7.73. The molecule has 1 fully saturated rings. The van der Waals surface area contributed by atoms with Gasteiger partial charge in [-0.15, -0.1) is 11.3 Å². The van der Waals surface area contributed by atoms with Crippen LogP contribution in [0.3, 0.4) is 0 Å². The molecule has 1 saturated heterocycles. The molecule has 4 rings (SSSR count). The fraction of sp³-hybridized carbons (Fsp3) is 0.500. The molecule has 1 aliphatic heterocycles. The van der Waals surface area contributed by atoms with Crippen LogP contribution in [-0.2, 0) is 18.4 Å². The summed E-state index contributed by atoms with van der Waals surface area (Å²) in [5, 5.41) is 5.21. The molecule has 0 radical (unpaired) electrons. The van der Waals surface area contributed by atoms with E-state index in [1.807, 2.05) is 32.7 Å². The standard InChI is InChI=1S/C22H28FN7OS/c1-13-10-25-29(5)20(13)19-17(23)11-24-22(27-19)30-8-6-16(7-9-30)21(31)28(4)12-18-14(2)32-15(3)26-18/h10-11,16H,6-9,12H2,1-5H3. The van der Waals surface area contributed by atoms with Crippen LogP contribution in [0.5, 0.6) is 0 Å². The summed E-state index contributed by atoms with van der Waals surface area (Å²) in [5.74, 6) is 0.103. The molecular formula is C22H28FN7OS. The monoisotopic (exact) mass is 457 g/mol. The molecule has 0 aliphatic carbocycles. The number of aryl methyl sites for hydroxylation is 4. The first-order valence-corrected chi connectivity index (χ1v) is 11.5. The Morgan fingerprint density at radius 1 is 1.22 bits per heavy atom. The molecule has 4 heterocycles. The highest BCUT2D eigenvalue weighted by Gasteiger charge is 2.29. The number of rotatable bonds is 5. The molecular weight excluding hydrogens is 429 g/mol. The van der Waals surface area contributed by atoms with Gasteiger partial charge in [0, 0.05) is 38.0 Å². The van der Waals surface area contributed by atoms with E-state index in [-0.39, 0.29) is 17.5 Å². The van der Waals surface area contributed by atoms with E-state index in [0.29, 0.717) is 44.1 Å². The molecule has 0 unspecified atom stereocenters. The predicted octanol–water partition coefficient (Wildman–Crippen LogP) is 3.27. The first-order valence-electron chi connectivity index (χ1n) is 10.7. The van der Waals surface area contributed by atoms with Gasteiger partial charge in [-0.05, 0) is 39.2 Å². The van der Waals surface area contributed by atoms with E-state index in [2.05, 4.69) is 20.1 Å². The smallest absolute Gasteiger partial charge is 0.226 e. The molecule has 10 heteroatoms. The Bertz CT molecular complexity index is 1110. The largest absolute Gasteiger partial charge is 0.341 e. The Kier molecular flexibility index (Phi) is 6.23. The maximum Gasteiger partial charge on any atom is 0.226 e. The van der Waals surface area contributed by atoms with Crippen molar-refractivity contribution in [1.82, 2.24) is 29.6 Å². The van der Waals surface area contributed by atoms with E-state index in [9.17, 15) is 9.18 Å². The van der Waals surface area contributed by atoms with Crippen molar-refractivity contribution in [3.05, 3.63) is 39.4 Å². The Balaban J connectivity index is 1.42. The minimum Gasteiger partial charge on any atom is -0.341 e. The minimum atomic E-state index is -0.472. The summed E-state index contributed by atoms with van der Waals surface area (Å²) in [6.07, 6.45) is 4.32. The molecule has 0 aromatic carbocycles. The van der Waals surface area contributed by atoms with E-state index in [1.54, 1.807) is 34.2 Å². The third-order valence-electron chi connectivity index (χ3n) is 5.97. The lowest BCUT2D eigenvalue weighted by Crippen LogP contribution is -2.41. The Morgan fingerprint density at radius 3 is 2.53 bits per heavy atom. The second kappa shape index (κ2) is 8.93. The van der Waals surface area contributed by atoms with E-state index in [1.165, 1.54) is 6.20 Å². The SMILES string of the molecule is Cc1nc(CN(C)C(=O)C2CCN(c3ncc(F)c(-c4c(C)cnn4C)n3)CC2)c(C)s1. The van der Waals surface area contributed by atoms with Crippen molar-refractivity contribution in [2.75, 3.05) is 25.0 Å². The number of amides is 1. The Morgan fingerprint density at radius 2 is 1.94 bits per heavy atom. The summed E-state index contributed by atoms with van der Waals surface area (Å²) in [7, 11) is 3.61. The van der Waals surface area contributed by atoms with Crippen molar-refractivity contribution in [3.63, 3.8) is 0 Å². The normalized spacial score (nSPS) is 14.8. The molecule has 0 N–H and O–H groups in total. The lowest BCUT2D eigenvalue weighted by molar-refractivity contribution is -0.135. The average Bonchev–Trinajstić information content (AvgIpc) is 3.27. The highest BCUT2D eigenvalue weighted by atomic mass is 32.1. The lowest BCUT2D eigenvalue weighted by Gasteiger charge is -2.33. The third kappa shape index (κ3) is 4.36. The van der Waals surface area contributed by atoms with Crippen molar-refractivity contribution in [3.8, 4) is 11.4 Å². The van der Waals surface area contributed by atoms with Gasteiger partial charge in [-0.1, -0.05) is 0 Å². The van der Waals surface area contributed by atoms with Crippen molar-refractivity contribution in [2.45, 2.75) is 40.2 Å². The number of piperidine rings is 1. The molecule has 0 atom stereocenters. The zero-order valence-electron chi connectivity index (χ0n) is 19.1. The van der Waals surface area contributed by atoms with Crippen LogP contribution in [0.25, 0.3) is 11.4 Å². The van der Waals surface area contributed by atoms with Crippen molar-refractivity contribution < 1.29 is 9.18 Å². The molecule has 1 aliphatic rings. The van der Waals surface area contributed by atoms with Crippen LogP contribution in [0, 0.1) is 32.5 Å². The van der Waals surface area contributed by atoms with E-state index >= 15 is 0 Å². The van der Waals surface area contributed by atoms with Gasteiger partial charge < -0.3 is 9.80 Å². The van der Waals surface area contributed by atoms with Gasteiger partial charge in [0.2, 0.25) is 11.9 Å². The number of anilines is 1. The second-order valence-corrected chi connectivity index (χ2v) is 9.77. The van der Waals surface area contributed by atoms with Crippen molar-refractivity contribution in [1.29, 1.82) is 0 Å². The molecule has 0 bridgehead atoms. The van der Waals surface area contributed by atoms with E-state index in [4.69, 9.17) is 0 Å². The van der Waals surface area contributed by atoms with Crippen LogP contribution in [0.1, 0.15) is 34.0 Å². The number of carbonyl (C=O) groups is 1. The van der Waals surface area contributed by atoms with Crippen LogP contribution < -0.4 is 4.90 Å². The number of thiazole rings is 1. The molecule has 170 valence electrons. The van der Waals surface area contributed by atoms with Crippen LogP contribution in [-0.4, -0.2) is 55.7 Å².